The quantitative estimate of drug-likeness (QED) is 0.445. The minimum absolute atomic E-state index is 0.0278. The molecule has 152 valence electrons. The van der Waals surface area contributed by atoms with Crippen LogP contribution in [-0.2, 0) is 6.54 Å². The summed E-state index contributed by atoms with van der Waals surface area (Å²) in [6.07, 6.45) is 6.61. The van der Waals surface area contributed by atoms with Crippen molar-refractivity contribution in [1.29, 1.82) is 10.5 Å². The minimum atomic E-state index is 0.0278. The van der Waals surface area contributed by atoms with E-state index in [2.05, 4.69) is 26.6 Å². The van der Waals surface area contributed by atoms with E-state index in [0.29, 0.717) is 18.7 Å². The lowest BCUT2D eigenvalue weighted by atomic mass is 9.92. The van der Waals surface area contributed by atoms with E-state index >= 15 is 0 Å². The summed E-state index contributed by atoms with van der Waals surface area (Å²) in [7, 11) is 0. The summed E-state index contributed by atoms with van der Waals surface area (Å²) in [5, 5.41) is 17.4. The van der Waals surface area contributed by atoms with Gasteiger partial charge in [-0.2, -0.15) is 10.5 Å². The fourth-order valence-corrected chi connectivity index (χ4v) is 4.10. The van der Waals surface area contributed by atoms with E-state index < -0.39 is 0 Å². The highest BCUT2D eigenvalue weighted by molar-refractivity contribution is 5.98. The standard InChI is InChI=1S/C23H29N5O/c24-13-5-1-7-15-27-17-11-19(12-18-27)22(29)23-26-20-9-3-4-10-21(20)28(23)16-8-2-6-14-25/h3-4,9-10,19H,1-2,5-8,11-12,15-18H2. The maximum atomic E-state index is 13.3. The second-order valence-electron chi connectivity index (χ2n) is 7.79. The predicted molar refractivity (Wildman–Crippen MR) is 112 cm³/mol. The van der Waals surface area contributed by atoms with Crippen LogP contribution >= 0.6 is 0 Å². The highest BCUT2D eigenvalue weighted by Gasteiger charge is 2.29. The number of hydrogen-bond donors (Lipinski definition) is 0. The summed E-state index contributed by atoms with van der Waals surface area (Å²) in [5.74, 6) is 0.765. The van der Waals surface area contributed by atoms with Crippen LogP contribution in [0.2, 0.25) is 0 Å². The first kappa shape index (κ1) is 21.0. The Kier molecular flexibility index (Phi) is 7.78. The monoisotopic (exact) mass is 391 g/mol. The molecular formula is C23H29N5O. The van der Waals surface area contributed by atoms with Crippen LogP contribution in [0.1, 0.15) is 62.0 Å². The summed E-state index contributed by atoms with van der Waals surface area (Å²) in [4.78, 5) is 20.4. The molecule has 0 N–H and O–H groups in total. The van der Waals surface area contributed by atoms with Gasteiger partial charge in [-0.05, 0) is 70.3 Å². The zero-order chi connectivity index (χ0) is 20.5. The van der Waals surface area contributed by atoms with E-state index in [1.807, 2.05) is 24.3 Å². The molecule has 0 aliphatic carbocycles. The third kappa shape index (κ3) is 5.43. The number of carbonyl (C=O) groups is 1. The van der Waals surface area contributed by atoms with E-state index in [0.717, 1.165) is 75.7 Å². The Morgan fingerprint density at radius 2 is 1.66 bits per heavy atom. The molecule has 1 aromatic heterocycles. The second-order valence-corrected chi connectivity index (χ2v) is 7.79. The lowest BCUT2D eigenvalue weighted by Crippen LogP contribution is -2.37. The van der Waals surface area contributed by atoms with Crippen LogP contribution < -0.4 is 0 Å². The van der Waals surface area contributed by atoms with Gasteiger partial charge in [0.1, 0.15) is 0 Å². The Labute approximate surface area is 172 Å². The van der Waals surface area contributed by atoms with Crippen LogP contribution in [0.15, 0.2) is 24.3 Å². The van der Waals surface area contributed by atoms with Gasteiger partial charge in [0.25, 0.3) is 0 Å². The van der Waals surface area contributed by atoms with Gasteiger partial charge in [0, 0.05) is 25.3 Å². The van der Waals surface area contributed by atoms with E-state index in [-0.39, 0.29) is 11.7 Å². The number of para-hydroxylation sites is 2. The number of aromatic nitrogens is 2. The van der Waals surface area contributed by atoms with Crippen molar-refractivity contribution in [2.45, 2.75) is 57.9 Å². The Bertz CT molecular complexity index is 896. The Hall–Kier alpha value is -2.70. The summed E-state index contributed by atoms with van der Waals surface area (Å²) in [6.45, 7) is 3.61. The molecule has 0 saturated carbocycles. The van der Waals surface area contributed by atoms with Crippen LogP contribution in [-0.4, -0.2) is 39.9 Å². The van der Waals surface area contributed by atoms with Crippen LogP contribution in [0.4, 0.5) is 0 Å². The fraction of sp³-hybridized carbons (Fsp3) is 0.565. The van der Waals surface area contributed by atoms with Gasteiger partial charge in [-0.15, -0.1) is 0 Å². The van der Waals surface area contributed by atoms with Crippen molar-refractivity contribution in [3.05, 3.63) is 30.1 Å². The molecule has 0 atom stereocenters. The molecule has 2 heterocycles. The van der Waals surface area contributed by atoms with Crippen molar-refractivity contribution < 1.29 is 4.79 Å². The summed E-state index contributed by atoms with van der Waals surface area (Å²) in [6, 6.07) is 12.3. The molecule has 0 bridgehead atoms. The third-order valence-corrected chi connectivity index (χ3v) is 5.77. The number of piperidine rings is 1. The Balaban J connectivity index is 1.65. The number of ketones is 1. The summed E-state index contributed by atoms with van der Waals surface area (Å²) in [5.41, 5.74) is 1.87. The molecular weight excluding hydrogens is 362 g/mol. The molecule has 6 heteroatoms. The molecule has 1 aliphatic heterocycles. The number of likely N-dealkylation sites (tertiary alicyclic amines) is 1. The van der Waals surface area contributed by atoms with E-state index in [9.17, 15) is 4.79 Å². The van der Waals surface area contributed by atoms with E-state index in [4.69, 9.17) is 10.5 Å². The minimum Gasteiger partial charge on any atom is -0.321 e. The maximum Gasteiger partial charge on any atom is 0.201 e. The van der Waals surface area contributed by atoms with Gasteiger partial charge in [-0.25, -0.2) is 4.98 Å². The number of carbonyl (C=O) groups excluding carboxylic acids is 1. The number of aryl methyl sites for hydroxylation is 1. The molecule has 2 aromatic rings. The lowest BCUT2D eigenvalue weighted by Gasteiger charge is -2.31. The van der Waals surface area contributed by atoms with Gasteiger partial charge in [-0.1, -0.05) is 12.1 Å². The van der Waals surface area contributed by atoms with Crippen molar-refractivity contribution in [2.24, 2.45) is 5.92 Å². The van der Waals surface area contributed by atoms with Crippen molar-refractivity contribution in [2.75, 3.05) is 19.6 Å². The molecule has 3 rings (SSSR count). The first-order valence-electron chi connectivity index (χ1n) is 10.7. The number of nitriles is 2. The Morgan fingerprint density at radius 3 is 2.34 bits per heavy atom. The average Bonchev–Trinajstić information content (AvgIpc) is 3.13. The number of Topliss-reactive ketones (excluding diaryl/α,β-unsaturated/α-hetero) is 1. The normalized spacial score (nSPS) is 15.2. The van der Waals surface area contributed by atoms with Crippen LogP contribution in [0, 0.1) is 28.6 Å². The van der Waals surface area contributed by atoms with Crippen LogP contribution in [0.5, 0.6) is 0 Å². The number of unbranched alkanes of at least 4 members (excludes halogenated alkanes) is 4. The van der Waals surface area contributed by atoms with E-state index in [1.54, 1.807) is 0 Å². The van der Waals surface area contributed by atoms with Crippen LogP contribution in [0.25, 0.3) is 11.0 Å². The van der Waals surface area contributed by atoms with Crippen molar-refractivity contribution in [1.82, 2.24) is 14.5 Å². The molecule has 1 saturated heterocycles. The van der Waals surface area contributed by atoms with E-state index in [1.165, 1.54) is 0 Å². The lowest BCUT2D eigenvalue weighted by molar-refractivity contribution is 0.0824. The van der Waals surface area contributed by atoms with Gasteiger partial charge in [-0.3, -0.25) is 4.79 Å². The van der Waals surface area contributed by atoms with Crippen molar-refractivity contribution in [3.63, 3.8) is 0 Å². The molecule has 0 amide bonds. The highest BCUT2D eigenvalue weighted by Crippen LogP contribution is 2.25. The smallest absolute Gasteiger partial charge is 0.201 e. The first-order valence-corrected chi connectivity index (χ1v) is 10.7. The Morgan fingerprint density at radius 1 is 1.00 bits per heavy atom. The molecule has 0 unspecified atom stereocenters. The van der Waals surface area contributed by atoms with Crippen molar-refractivity contribution in [3.8, 4) is 12.1 Å². The third-order valence-electron chi connectivity index (χ3n) is 5.77. The fourth-order valence-electron chi connectivity index (χ4n) is 4.10. The zero-order valence-electron chi connectivity index (χ0n) is 17.0. The average molecular weight is 392 g/mol. The molecule has 29 heavy (non-hydrogen) atoms. The molecule has 1 aromatic carbocycles. The second kappa shape index (κ2) is 10.7. The number of hydrogen-bond acceptors (Lipinski definition) is 5. The van der Waals surface area contributed by atoms with Gasteiger partial charge in [0.05, 0.1) is 23.2 Å². The molecule has 0 radical (unpaired) electrons. The van der Waals surface area contributed by atoms with Gasteiger partial charge >= 0.3 is 0 Å². The number of imidazole rings is 1. The highest BCUT2D eigenvalue weighted by atomic mass is 16.1. The molecule has 6 nitrogen and oxygen atoms in total. The van der Waals surface area contributed by atoms with Gasteiger partial charge < -0.3 is 9.47 Å². The van der Waals surface area contributed by atoms with Crippen molar-refractivity contribution >= 4 is 16.8 Å². The van der Waals surface area contributed by atoms with Gasteiger partial charge in [0.2, 0.25) is 5.78 Å². The SMILES string of the molecule is N#CCCCCN1CCC(C(=O)c2nc3ccccc3n2CCCCC#N)CC1. The summed E-state index contributed by atoms with van der Waals surface area (Å²) >= 11 is 0. The molecule has 0 spiro atoms. The van der Waals surface area contributed by atoms with Gasteiger partial charge in [0.15, 0.2) is 5.82 Å². The number of nitrogens with zero attached hydrogens (tertiary/aromatic N) is 5. The molecule has 1 fully saturated rings. The first-order chi connectivity index (χ1) is 14.2. The van der Waals surface area contributed by atoms with Crippen LogP contribution in [0.3, 0.4) is 0 Å². The summed E-state index contributed by atoms with van der Waals surface area (Å²) < 4.78 is 2.06. The zero-order valence-corrected chi connectivity index (χ0v) is 17.0. The maximum absolute atomic E-state index is 13.3. The topological polar surface area (TPSA) is 85.7 Å². The predicted octanol–water partition coefficient (Wildman–Crippen LogP) is 4.32. The number of rotatable bonds is 10. The largest absolute Gasteiger partial charge is 0.321 e. The number of fused-ring (bicyclic) bond motifs is 1. The number of benzene rings is 1. The molecule has 1 aliphatic rings.